The van der Waals surface area contributed by atoms with Crippen molar-refractivity contribution in [2.75, 3.05) is 12.3 Å². The molecule has 3 aromatic carbocycles. The Kier molecular flexibility index (Phi) is 12.2. The number of aryl methyl sites for hydroxylation is 2. The number of nitrogens with one attached hydrogen (secondary N) is 1. The van der Waals surface area contributed by atoms with Crippen LogP contribution in [0, 0.1) is 18.8 Å². The van der Waals surface area contributed by atoms with Crippen LogP contribution in [0.4, 0.5) is 0 Å². The van der Waals surface area contributed by atoms with Crippen molar-refractivity contribution in [3.63, 3.8) is 0 Å². The number of rotatable bonds is 11. The third kappa shape index (κ3) is 9.35. The third-order valence-electron chi connectivity index (χ3n) is 8.75. The van der Waals surface area contributed by atoms with Gasteiger partial charge in [-0.1, -0.05) is 90.6 Å². The molecular formula is C39H42N4O5S. The van der Waals surface area contributed by atoms with Gasteiger partial charge in [0.25, 0.3) is 0 Å². The van der Waals surface area contributed by atoms with Crippen molar-refractivity contribution in [3.8, 4) is 0 Å². The fraction of sp³-hybridized carbons (Fsp3) is 0.308. The van der Waals surface area contributed by atoms with E-state index in [4.69, 9.17) is 4.74 Å². The van der Waals surface area contributed by atoms with Crippen molar-refractivity contribution >= 4 is 45.4 Å². The van der Waals surface area contributed by atoms with Crippen LogP contribution < -0.4 is 5.32 Å². The molecule has 1 aliphatic carbocycles. The molecule has 0 spiro atoms. The molecule has 1 N–H and O–H groups in total. The van der Waals surface area contributed by atoms with Crippen LogP contribution >= 0.6 is 11.8 Å². The Hall–Kier alpha value is -4.96. The van der Waals surface area contributed by atoms with Gasteiger partial charge in [0, 0.05) is 66.7 Å². The Morgan fingerprint density at radius 1 is 0.980 bits per heavy atom. The zero-order chi connectivity index (χ0) is 34.8. The van der Waals surface area contributed by atoms with E-state index in [1.54, 1.807) is 6.20 Å². The zero-order valence-corrected chi connectivity index (χ0v) is 28.9. The number of esters is 1. The zero-order valence-electron chi connectivity index (χ0n) is 28.1. The quantitative estimate of drug-likeness (QED) is 0.168. The molecule has 5 aromatic rings. The van der Waals surface area contributed by atoms with Crippen LogP contribution in [0.5, 0.6) is 0 Å². The Morgan fingerprint density at radius 3 is 2.33 bits per heavy atom. The number of thioether (sulfide) groups is 1. The van der Waals surface area contributed by atoms with E-state index in [0.717, 1.165) is 64.6 Å². The van der Waals surface area contributed by atoms with Crippen LogP contribution in [0.3, 0.4) is 0 Å². The maximum Gasteiger partial charge on any atom is 0.325 e. The molecule has 2 atom stereocenters. The number of ketones is 1. The third-order valence-corrected chi connectivity index (χ3v) is 9.72. The van der Waals surface area contributed by atoms with Crippen molar-refractivity contribution < 1.29 is 23.9 Å². The number of hydrogen-bond donors (Lipinski definition) is 1. The van der Waals surface area contributed by atoms with E-state index in [0.29, 0.717) is 12.2 Å². The number of amides is 1. The van der Waals surface area contributed by atoms with Gasteiger partial charge in [0.2, 0.25) is 5.91 Å². The number of hydrogen-bond acceptors (Lipinski definition) is 7. The van der Waals surface area contributed by atoms with E-state index in [-0.39, 0.29) is 35.9 Å². The van der Waals surface area contributed by atoms with Gasteiger partial charge in [0.1, 0.15) is 19.0 Å². The van der Waals surface area contributed by atoms with E-state index in [2.05, 4.69) is 38.6 Å². The molecule has 10 heteroatoms. The van der Waals surface area contributed by atoms with Crippen LogP contribution in [0.15, 0.2) is 97.3 Å². The maximum absolute atomic E-state index is 13.0. The lowest BCUT2D eigenvalue weighted by Crippen LogP contribution is -2.37. The summed E-state index contributed by atoms with van der Waals surface area (Å²) in [7, 11) is 2.06. The van der Waals surface area contributed by atoms with Gasteiger partial charge in [-0.15, -0.1) is 0 Å². The summed E-state index contributed by atoms with van der Waals surface area (Å²) in [5.41, 5.74) is 5.17. The van der Waals surface area contributed by atoms with Crippen LogP contribution in [0.2, 0.25) is 0 Å². The first kappa shape index (κ1) is 35.3. The minimum Gasteiger partial charge on any atom is -0.460 e. The Morgan fingerprint density at radius 2 is 1.65 bits per heavy atom. The topological polar surface area (TPSA) is 112 Å². The number of imidazole rings is 1. The Bertz CT molecular complexity index is 1900. The predicted octanol–water partition coefficient (Wildman–Crippen LogP) is 6.11. The number of benzene rings is 3. The summed E-state index contributed by atoms with van der Waals surface area (Å²) in [5, 5.41) is 3.68. The van der Waals surface area contributed by atoms with Gasteiger partial charge in [-0.05, 0) is 43.4 Å². The smallest absolute Gasteiger partial charge is 0.325 e. The lowest BCUT2D eigenvalue weighted by atomic mass is 9.85. The number of carbonyl (C=O) groups excluding carboxylic acids is 4. The first-order valence-electron chi connectivity index (χ1n) is 16.4. The van der Waals surface area contributed by atoms with E-state index < -0.39 is 11.9 Å². The lowest BCUT2D eigenvalue weighted by Gasteiger charge is -2.23. The van der Waals surface area contributed by atoms with E-state index in [1.165, 1.54) is 12.6 Å². The highest BCUT2D eigenvalue weighted by Gasteiger charge is 2.32. The molecule has 0 fully saturated rings. The number of ether oxygens (including phenoxy) is 1. The molecule has 2 aromatic heterocycles. The second-order valence-electron chi connectivity index (χ2n) is 12.2. The number of nitrogens with zero attached hydrogens (tertiary/aromatic N) is 3. The summed E-state index contributed by atoms with van der Waals surface area (Å²) in [6, 6.07) is 27.1. The fourth-order valence-electron chi connectivity index (χ4n) is 6.10. The minimum absolute atomic E-state index is 0.0388. The summed E-state index contributed by atoms with van der Waals surface area (Å²) in [6.45, 7) is 4.16. The molecule has 2 heterocycles. The molecule has 1 aliphatic rings. The van der Waals surface area contributed by atoms with E-state index in [9.17, 15) is 19.2 Å². The van der Waals surface area contributed by atoms with Gasteiger partial charge in [0.15, 0.2) is 10.9 Å². The first-order valence-corrected chi connectivity index (χ1v) is 17.4. The van der Waals surface area contributed by atoms with Crippen molar-refractivity contribution in [3.05, 3.63) is 126 Å². The number of fused-ring (bicyclic) bond motifs is 3. The summed E-state index contributed by atoms with van der Waals surface area (Å²) < 4.78 is 9.43. The molecule has 2 unspecified atom stereocenters. The highest BCUT2D eigenvalue weighted by Crippen LogP contribution is 2.34. The molecule has 0 saturated heterocycles. The molecule has 0 aliphatic heterocycles. The maximum atomic E-state index is 13.0. The fourth-order valence-corrected chi connectivity index (χ4v) is 6.81. The summed E-state index contributed by atoms with van der Waals surface area (Å²) in [4.78, 5) is 52.9. The van der Waals surface area contributed by atoms with Crippen molar-refractivity contribution in [1.29, 1.82) is 0 Å². The number of carbonyl (C=O) groups is 4. The van der Waals surface area contributed by atoms with Gasteiger partial charge in [-0.25, -0.2) is 4.98 Å². The largest absolute Gasteiger partial charge is 0.460 e. The second-order valence-corrected chi connectivity index (χ2v) is 13.4. The van der Waals surface area contributed by atoms with Crippen molar-refractivity contribution in [2.45, 2.75) is 46.3 Å². The molecule has 49 heavy (non-hydrogen) atoms. The summed E-state index contributed by atoms with van der Waals surface area (Å²) in [5.74, 6) is 0.515. The van der Waals surface area contributed by atoms with E-state index >= 15 is 0 Å². The van der Waals surface area contributed by atoms with Crippen LogP contribution in [0.25, 0.3) is 10.9 Å². The van der Waals surface area contributed by atoms with Gasteiger partial charge in [-0.2, -0.15) is 0 Å². The van der Waals surface area contributed by atoms with Crippen molar-refractivity contribution in [2.24, 2.45) is 18.9 Å². The SMILES string of the molecule is CC(=O)SCC(Cc1ccccc1)C(=O)NCC(=O)OCc1ccccc1.Cc1nccn1CC1CCc2c(c3ccccc3n2C)C1=O. The number of para-hydroxylation sites is 1. The van der Waals surface area contributed by atoms with Crippen LogP contribution in [0.1, 0.15) is 46.3 Å². The minimum atomic E-state index is -0.495. The predicted molar refractivity (Wildman–Crippen MR) is 192 cm³/mol. The molecular weight excluding hydrogens is 637 g/mol. The molecule has 0 saturated carbocycles. The number of aromatic nitrogens is 3. The first-order chi connectivity index (χ1) is 23.7. The van der Waals surface area contributed by atoms with Gasteiger partial charge < -0.3 is 19.2 Å². The van der Waals surface area contributed by atoms with Gasteiger partial charge >= 0.3 is 5.97 Å². The average Bonchev–Trinajstić information content (AvgIpc) is 3.66. The molecule has 0 radical (unpaired) electrons. The Labute approximate surface area is 291 Å². The highest BCUT2D eigenvalue weighted by molar-refractivity contribution is 8.13. The molecule has 1 amide bonds. The molecule has 6 rings (SSSR count). The summed E-state index contributed by atoms with van der Waals surface area (Å²) in [6.07, 6.45) is 6.14. The Balaban J connectivity index is 0.000000194. The van der Waals surface area contributed by atoms with E-state index in [1.807, 2.05) is 85.9 Å². The monoisotopic (exact) mass is 678 g/mol. The highest BCUT2D eigenvalue weighted by atomic mass is 32.2. The summed E-state index contributed by atoms with van der Waals surface area (Å²) >= 11 is 1.11. The molecule has 9 nitrogen and oxygen atoms in total. The van der Waals surface area contributed by atoms with Crippen LogP contribution in [-0.2, 0) is 52.2 Å². The normalized spacial score (nSPS) is 14.3. The van der Waals surface area contributed by atoms with Crippen LogP contribution in [-0.4, -0.2) is 49.2 Å². The standard InChI is InChI=1S/C21H23NO4S.C18H19N3O/c1-16(23)27-15-19(12-17-8-4-2-5-9-17)21(25)22-13-20(24)26-14-18-10-6-3-7-11-18;1-12-19-9-10-21(12)11-13-7-8-16-17(18(13)22)14-5-3-4-6-15(14)20(16)2/h2-11,19H,12-15H2,1H3,(H,22,25);3-6,9-10,13H,7-8,11H2,1-2H3. The number of Topliss-reactive ketones (excluding diaryl/α,β-unsaturated/α-hetero) is 1. The van der Waals surface area contributed by atoms with Gasteiger partial charge in [-0.3, -0.25) is 19.2 Å². The second kappa shape index (κ2) is 16.9. The van der Waals surface area contributed by atoms with Crippen molar-refractivity contribution in [1.82, 2.24) is 19.4 Å². The molecule has 254 valence electrons. The van der Waals surface area contributed by atoms with Gasteiger partial charge in [0.05, 0.1) is 5.92 Å². The average molecular weight is 679 g/mol. The lowest BCUT2D eigenvalue weighted by molar-refractivity contribution is -0.145. The molecule has 0 bridgehead atoms.